The molecular formula is C16H23Cl. The Kier molecular flexibility index (Phi) is 4.91. The van der Waals surface area contributed by atoms with E-state index in [-0.39, 0.29) is 0 Å². The van der Waals surface area contributed by atoms with E-state index >= 15 is 0 Å². The Bertz CT molecular complexity index is 357. The minimum atomic E-state index is 0.384. The number of alkyl halides is 1. The standard InChI is InChI=1S/C16H23Cl/c1-2-5-16(17)9-3-6-13-10-11-14-7-4-8-15(14)12-13/h10-12,16H,2-9H2,1H3. The molecule has 0 heterocycles. The third-order valence-electron chi connectivity index (χ3n) is 3.75. The molecule has 0 spiro atoms. The van der Waals surface area contributed by atoms with Crippen molar-refractivity contribution in [2.24, 2.45) is 0 Å². The zero-order chi connectivity index (χ0) is 12.1. The van der Waals surface area contributed by atoms with E-state index < -0.39 is 0 Å². The molecule has 1 aliphatic rings. The van der Waals surface area contributed by atoms with Crippen molar-refractivity contribution in [2.45, 2.75) is 63.7 Å². The van der Waals surface area contributed by atoms with E-state index in [1.54, 1.807) is 11.1 Å². The highest BCUT2D eigenvalue weighted by Crippen LogP contribution is 2.24. The maximum atomic E-state index is 6.24. The maximum Gasteiger partial charge on any atom is 0.0336 e. The third kappa shape index (κ3) is 3.74. The molecule has 0 radical (unpaired) electrons. The van der Waals surface area contributed by atoms with Gasteiger partial charge in [0.1, 0.15) is 0 Å². The number of halogens is 1. The predicted octanol–water partition coefficient (Wildman–Crippen LogP) is 4.91. The minimum absolute atomic E-state index is 0.384. The fourth-order valence-electron chi connectivity index (χ4n) is 2.77. The molecule has 0 bridgehead atoms. The van der Waals surface area contributed by atoms with Crippen LogP contribution >= 0.6 is 11.6 Å². The van der Waals surface area contributed by atoms with E-state index in [1.165, 1.54) is 44.1 Å². The second kappa shape index (κ2) is 6.44. The quantitative estimate of drug-likeness (QED) is 0.630. The third-order valence-corrected chi connectivity index (χ3v) is 4.18. The van der Waals surface area contributed by atoms with Gasteiger partial charge in [-0.1, -0.05) is 31.5 Å². The van der Waals surface area contributed by atoms with Gasteiger partial charge in [0.25, 0.3) is 0 Å². The van der Waals surface area contributed by atoms with Crippen LogP contribution in [0, 0.1) is 0 Å². The molecule has 0 saturated heterocycles. The summed E-state index contributed by atoms with van der Waals surface area (Å²) in [7, 11) is 0. The summed E-state index contributed by atoms with van der Waals surface area (Å²) in [5, 5.41) is 0.384. The predicted molar refractivity (Wildman–Crippen MR) is 76.0 cm³/mol. The van der Waals surface area contributed by atoms with Gasteiger partial charge in [-0.05, 0) is 61.6 Å². The van der Waals surface area contributed by atoms with Crippen LogP contribution < -0.4 is 0 Å². The summed E-state index contributed by atoms with van der Waals surface area (Å²) >= 11 is 6.24. The van der Waals surface area contributed by atoms with Gasteiger partial charge in [0, 0.05) is 5.38 Å². The van der Waals surface area contributed by atoms with Crippen LogP contribution in [-0.2, 0) is 19.3 Å². The van der Waals surface area contributed by atoms with E-state index in [0.29, 0.717) is 5.38 Å². The zero-order valence-electron chi connectivity index (χ0n) is 10.8. The van der Waals surface area contributed by atoms with Crippen molar-refractivity contribution in [3.63, 3.8) is 0 Å². The Hall–Kier alpha value is -0.490. The molecule has 1 aromatic carbocycles. The van der Waals surface area contributed by atoms with E-state index in [1.807, 2.05) is 0 Å². The van der Waals surface area contributed by atoms with Gasteiger partial charge in [-0.3, -0.25) is 0 Å². The van der Waals surface area contributed by atoms with E-state index in [2.05, 4.69) is 25.1 Å². The molecule has 0 aromatic heterocycles. The van der Waals surface area contributed by atoms with Crippen molar-refractivity contribution in [2.75, 3.05) is 0 Å². The Morgan fingerprint density at radius 1 is 1.18 bits per heavy atom. The summed E-state index contributed by atoms with van der Waals surface area (Å²) in [6.45, 7) is 2.20. The van der Waals surface area contributed by atoms with Crippen molar-refractivity contribution >= 4 is 11.6 Å². The van der Waals surface area contributed by atoms with E-state index in [0.717, 1.165) is 12.8 Å². The van der Waals surface area contributed by atoms with Crippen LogP contribution in [0.2, 0.25) is 0 Å². The van der Waals surface area contributed by atoms with Crippen LogP contribution in [0.5, 0.6) is 0 Å². The summed E-state index contributed by atoms with van der Waals surface area (Å²) in [6, 6.07) is 7.07. The molecule has 2 rings (SSSR count). The SMILES string of the molecule is CCCC(Cl)CCCc1ccc2c(c1)CCC2. The Balaban J connectivity index is 1.79. The average Bonchev–Trinajstić information content (AvgIpc) is 2.76. The second-order valence-electron chi connectivity index (χ2n) is 5.23. The Labute approximate surface area is 110 Å². The van der Waals surface area contributed by atoms with Gasteiger partial charge < -0.3 is 0 Å². The molecule has 0 saturated carbocycles. The van der Waals surface area contributed by atoms with Crippen molar-refractivity contribution in [1.82, 2.24) is 0 Å². The molecule has 0 nitrogen and oxygen atoms in total. The normalized spacial score (nSPS) is 15.9. The van der Waals surface area contributed by atoms with Crippen LogP contribution in [0.15, 0.2) is 18.2 Å². The van der Waals surface area contributed by atoms with Gasteiger partial charge in [0.05, 0.1) is 0 Å². The van der Waals surface area contributed by atoms with Crippen molar-refractivity contribution < 1.29 is 0 Å². The molecule has 1 heteroatoms. The monoisotopic (exact) mass is 250 g/mol. The van der Waals surface area contributed by atoms with Crippen molar-refractivity contribution in [1.29, 1.82) is 0 Å². The number of rotatable bonds is 6. The average molecular weight is 251 g/mol. The number of aryl methyl sites for hydroxylation is 3. The van der Waals surface area contributed by atoms with Gasteiger partial charge in [-0.15, -0.1) is 11.6 Å². The van der Waals surface area contributed by atoms with Crippen LogP contribution in [0.1, 0.15) is 55.7 Å². The Morgan fingerprint density at radius 2 is 2.00 bits per heavy atom. The maximum absolute atomic E-state index is 6.24. The fraction of sp³-hybridized carbons (Fsp3) is 0.625. The number of benzene rings is 1. The molecule has 1 aromatic rings. The van der Waals surface area contributed by atoms with Crippen LogP contribution in [0.4, 0.5) is 0 Å². The lowest BCUT2D eigenvalue weighted by Crippen LogP contribution is -1.99. The number of hydrogen-bond acceptors (Lipinski definition) is 0. The second-order valence-corrected chi connectivity index (χ2v) is 5.85. The largest absolute Gasteiger partial charge is 0.123 e. The molecule has 17 heavy (non-hydrogen) atoms. The zero-order valence-corrected chi connectivity index (χ0v) is 11.6. The summed E-state index contributed by atoms with van der Waals surface area (Å²) in [5.41, 5.74) is 4.68. The summed E-state index contributed by atoms with van der Waals surface area (Å²) < 4.78 is 0. The number of hydrogen-bond donors (Lipinski definition) is 0. The van der Waals surface area contributed by atoms with Gasteiger partial charge in [-0.25, -0.2) is 0 Å². The smallest absolute Gasteiger partial charge is 0.0336 e. The first kappa shape index (κ1) is 13.0. The van der Waals surface area contributed by atoms with Gasteiger partial charge in [0.2, 0.25) is 0 Å². The highest BCUT2D eigenvalue weighted by molar-refractivity contribution is 6.20. The molecule has 0 amide bonds. The fourth-order valence-corrected chi connectivity index (χ4v) is 3.14. The molecule has 1 unspecified atom stereocenters. The lowest BCUT2D eigenvalue weighted by Gasteiger charge is -2.08. The van der Waals surface area contributed by atoms with E-state index in [9.17, 15) is 0 Å². The molecule has 1 aliphatic carbocycles. The molecule has 94 valence electrons. The van der Waals surface area contributed by atoms with Gasteiger partial charge in [0.15, 0.2) is 0 Å². The van der Waals surface area contributed by atoms with Crippen molar-refractivity contribution in [3.8, 4) is 0 Å². The van der Waals surface area contributed by atoms with Crippen LogP contribution in [0.3, 0.4) is 0 Å². The van der Waals surface area contributed by atoms with Crippen molar-refractivity contribution in [3.05, 3.63) is 34.9 Å². The van der Waals surface area contributed by atoms with E-state index in [4.69, 9.17) is 11.6 Å². The molecular weight excluding hydrogens is 228 g/mol. The lowest BCUT2D eigenvalue weighted by molar-refractivity contribution is 0.640. The summed E-state index contributed by atoms with van der Waals surface area (Å²) in [5.74, 6) is 0. The highest BCUT2D eigenvalue weighted by atomic mass is 35.5. The molecule has 0 fully saturated rings. The number of fused-ring (bicyclic) bond motifs is 1. The van der Waals surface area contributed by atoms with Gasteiger partial charge in [-0.2, -0.15) is 0 Å². The van der Waals surface area contributed by atoms with Gasteiger partial charge >= 0.3 is 0 Å². The first-order valence-electron chi connectivity index (χ1n) is 7.04. The summed E-state index contributed by atoms with van der Waals surface area (Å²) in [4.78, 5) is 0. The van der Waals surface area contributed by atoms with Crippen LogP contribution in [-0.4, -0.2) is 5.38 Å². The highest BCUT2D eigenvalue weighted by Gasteiger charge is 2.10. The first-order valence-corrected chi connectivity index (χ1v) is 7.48. The molecule has 0 aliphatic heterocycles. The lowest BCUT2D eigenvalue weighted by atomic mass is 10.0. The summed E-state index contributed by atoms with van der Waals surface area (Å²) in [6.07, 6.45) is 9.87. The molecule has 1 atom stereocenters. The minimum Gasteiger partial charge on any atom is -0.123 e. The molecule has 0 N–H and O–H groups in total. The Morgan fingerprint density at radius 3 is 2.82 bits per heavy atom. The first-order chi connectivity index (χ1) is 8.29. The topological polar surface area (TPSA) is 0 Å². The van der Waals surface area contributed by atoms with Crippen LogP contribution in [0.25, 0.3) is 0 Å².